The van der Waals surface area contributed by atoms with Crippen molar-refractivity contribution in [2.45, 2.75) is 37.1 Å². The van der Waals surface area contributed by atoms with Gasteiger partial charge in [0.2, 0.25) is 9.84 Å². The quantitative estimate of drug-likeness (QED) is 0.557. The van der Waals surface area contributed by atoms with Crippen LogP contribution in [0.1, 0.15) is 13.8 Å². The Kier molecular flexibility index (Phi) is 5.12. The van der Waals surface area contributed by atoms with E-state index >= 15 is 0 Å². The van der Waals surface area contributed by atoms with E-state index in [0.717, 1.165) is 0 Å². The zero-order valence-corrected chi connectivity index (χ0v) is 11.2. The zero-order valence-electron chi connectivity index (χ0n) is 10.4. The highest BCUT2D eigenvalue weighted by Crippen LogP contribution is 2.54. The Labute approximate surface area is 113 Å². The molecule has 126 valence electrons. The van der Waals surface area contributed by atoms with Gasteiger partial charge in [-0.3, -0.25) is 0 Å². The third-order valence-electron chi connectivity index (χ3n) is 2.22. The number of alkyl halides is 9. The molecule has 0 atom stereocenters. The van der Waals surface area contributed by atoms with Crippen LogP contribution in [0, 0.1) is 0 Å². The van der Waals surface area contributed by atoms with Crippen molar-refractivity contribution in [1.82, 2.24) is 0 Å². The van der Waals surface area contributed by atoms with E-state index in [1.807, 2.05) is 0 Å². The summed E-state index contributed by atoms with van der Waals surface area (Å²) in [6.07, 6.45) is -6.57. The predicted molar refractivity (Wildman–Crippen MR) is 54.1 cm³/mol. The molecule has 0 saturated carbocycles. The fourth-order valence-electron chi connectivity index (χ4n) is 0.937. The van der Waals surface area contributed by atoms with E-state index in [-0.39, 0.29) is 5.57 Å². The topological polar surface area (TPSA) is 34.1 Å². The van der Waals surface area contributed by atoms with Gasteiger partial charge < -0.3 is 0 Å². The average Bonchev–Trinajstić information content (AvgIpc) is 2.24. The fraction of sp³-hybridized carbons (Fsp3) is 0.778. The molecule has 0 N–H and O–H groups in total. The number of hydrogen-bond donors (Lipinski definition) is 0. The van der Waals surface area contributed by atoms with E-state index in [0.29, 0.717) is 6.08 Å². The van der Waals surface area contributed by atoms with Gasteiger partial charge in [0.25, 0.3) is 0 Å². The lowest BCUT2D eigenvalue weighted by Gasteiger charge is -2.32. The van der Waals surface area contributed by atoms with Crippen LogP contribution in [0.25, 0.3) is 0 Å². The van der Waals surface area contributed by atoms with Crippen molar-refractivity contribution in [1.29, 1.82) is 0 Å². The Morgan fingerprint density at radius 2 is 1.24 bits per heavy atom. The van der Waals surface area contributed by atoms with Crippen LogP contribution in [-0.4, -0.2) is 37.4 Å². The molecule has 0 aromatic carbocycles. The van der Waals surface area contributed by atoms with Crippen LogP contribution in [0.15, 0.2) is 11.6 Å². The first-order valence-electron chi connectivity index (χ1n) is 4.97. The van der Waals surface area contributed by atoms with Crippen LogP contribution in [0.5, 0.6) is 0 Å². The summed E-state index contributed by atoms with van der Waals surface area (Å²) in [4.78, 5) is 0. The molecule has 0 bridgehead atoms. The average molecular weight is 352 g/mol. The third kappa shape index (κ3) is 3.29. The summed E-state index contributed by atoms with van der Waals surface area (Å²) in [5.41, 5.74) is 0.0558. The molecule has 21 heavy (non-hydrogen) atoms. The summed E-state index contributed by atoms with van der Waals surface area (Å²) in [6.45, 7) is 2.35. The third-order valence-corrected chi connectivity index (χ3v) is 3.86. The Balaban J connectivity index is 5.96. The zero-order chi connectivity index (χ0) is 17.5. The summed E-state index contributed by atoms with van der Waals surface area (Å²) in [5.74, 6) is -16.2. The van der Waals surface area contributed by atoms with Crippen molar-refractivity contribution >= 4 is 9.84 Å². The molecule has 0 saturated heterocycles. The first-order chi connectivity index (χ1) is 8.92. The highest BCUT2D eigenvalue weighted by Gasteiger charge is 2.84. The number of hydrogen-bond acceptors (Lipinski definition) is 2. The molecule has 0 aromatic heterocycles. The van der Waals surface area contributed by atoms with Crippen LogP contribution in [0.2, 0.25) is 0 Å². The van der Waals surface area contributed by atoms with E-state index in [4.69, 9.17) is 0 Å². The maximum Gasteiger partial charge on any atom is 0.460 e. The number of rotatable bonds is 5. The van der Waals surface area contributed by atoms with Crippen molar-refractivity contribution in [2.75, 3.05) is 5.75 Å². The summed E-state index contributed by atoms with van der Waals surface area (Å²) in [5, 5.41) is -6.61. The minimum Gasteiger partial charge on any atom is -0.222 e. The van der Waals surface area contributed by atoms with E-state index < -0.39 is 38.9 Å². The molecule has 2 nitrogen and oxygen atoms in total. The summed E-state index contributed by atoms with van der Waals surface area (Å²) < 4.78 is 134. The second kappa shape index (κ2) is 5.36. The van der Waals surface area contributed by atoms with Gasteiger partial charge in [-0.25, -0.2) is 8.42 Å². The van der Waals surface area contributed by atoms with Crippen molar-refractivity contribution in [3.05, 3.63) is 11.6 Å². The molecule has 0 amide bonds. The Bertz CT molecular complexity index is 512. The Morgan fingerprint density at radius 1 is 0.857 bits per heavy atom. The molecule has 0 aliphatic heterocycles. The van der Waals surface area contributed by atoms with Gasteiger partial charge in [0, 0.05) is 0 Å². The Morgan fingerprint density at radius 3 is 1.52 bits per heavy atom. The summed E-state index contributed by atoms with van der Waals surface area (Å²) in [7, 11) is -6.30. The minimum atomic E-state index is -7.22. The molecule has 0 spiro atoms. The lowest BCUT2D eigenvalue weighted by molar-refractivity contribution is -0.382. The predicted octanol–water partition coefficient (Wildman–Crippen LogP) is 3.79. The molecule has 0 rings (SSSR count). The first kappa shape index (κ1) is 20.1. The minimum absolute atomic E-state index is 0.0558. The summed E-state index contributed by atoms with van der Waals surface area (Å²) in [6, 6.07) is 0. The monoisotopic (exact) mass is 352 g/mol. The maximum absolute atomic E-state index is 13.1. The lowest BCUT2D eigenvalue weighted by Crippen LogP contribution is -2.63. The van der Waals surface area contributed by atoms with Crippen LogP contribution in [0.3, 0.4) is 0 Å². The van der Waals surface area contributed by atoms with Crippen LogP contribution < -0.4 is 0 Å². The van der Waals surface area contributed by atoms with Crippen molar-refractivity contribution < 1.29 is 47.9 Å². The normalized spacial score (nSPS) is 15.0. The van der Waals surface area contributed by atoms with Gasteiger partial charge in [0.15, 0.2) is 0 Å². The van der Waals surface area contributed by atoms with Gasteiger partial charge in [-0.05, 0) is 13.8 Å². The fourth-order valence-corrected chi connectivity index (χ4v) is 2.22. The van der Waals surface area contributed by atoms with Gasteiger partial charge in [0.1, 0.15) is 0 Å². The molecule has 12 heteroatoms. The van der Waals surface area contributed by atoms with Gasteiger partial charge in [-0.2, -0.15) is 39.5 Å². The van der Waals surface area contributed by atoms with Gasteiger partial charge in [-0.1, -0.05) is 11.6 Å². The van der Waals surface area contributed by atoms with Gasteiger partial charge in [0.05, 0.1) is 5.75 Å². The molecular formula is C9H9F9O2S. The highest BCUT2D eigenvalue weighted by atomic mass is 32.2. The Hall–Kier alpha value is -0.940. The second-order valence-corrected chi connectivity index (χ2v) is 6.30. The highest BCUT2D eigenvalue weighted by molar-refractivity contribution is 7.92. The van der Waals surface area contributed by atoms with Crippen LogP contribution in [0.4, 0.5) is 39.5 Å². The van der Waals surface area contributed by atoms with Crippen molar-refractivity contribution in [2.24, 2.45) is 0 Å². The largest absolute Gasteiger partial charge is 0.460 e. The maximum atomic E-state index is 13.1. The number of allylic oxidation sites excluding steroid dienone is 1. The molecule has 0 aromatic rings. The molecule has 0 aliphatic rings. The van der Waals surface area contributed by atoms with E-state index in [1.54, 1.807) is 0 Å². The van der Waals surface area contributed by atoms with Crippen molar-refractivity contribution in [3.8, 4) is 0 Å². The van der Waals surface area contributed by atoms with E-state index in [1.165, 1.54) is 13.8 Å². The van der Waals surface area contributed by atoms with Gasteiger partial charge >= 0.3 is 23.3 Å². The van der Waals surface area contributed by atoms with Crippen molar-refractivity contribution in [3.63, 3.8) is 0 Å². The second-order valence-electron chi connectivity index (χ2n) is 4.23. The standard InChI is InChI=1S/C9H9F9O2S/c1-5(2)3-4-21(19,20)9(17,18)7(12,13)6(10,11)8(14,15)16/h3H,4H2,1-2H3. The molecule has 0 aliphatic carbocycles. The lowest BCUT2D eigenvalue weighted by atomic mass is 10.1. The first-order valence-corrected chi connectivity index (χ1v) is 6.63. The molecule has 0 fully saturated rings. The van der Waals surface area contributed by atoms with Crippen LogP contribution >= 0.6 is 0 Å². The molecule has 0 unspecified atom stereocenters. The van der Waals surface area contributed by atoms with Gasteiger partial charge in [-0.15, -0.1) is 0 Å². The number of halogens is 9. The van der Waals surface area contributed by atoms with E-state index in [9.17, 15) is 47.9 Å². The van der Waals surface area contributed by atoms with Crippen LogP contribution in [-0.2, 0) is 9.84 Å². The smallest absolute Gasteiger partial charge is 0.222 e. The molecule has 0 heterocycles. The SMILES string of the molecule is CC(C)=CCS(=O)(=O)C(F)(F)C(F)(F)C(F)(F)C(F)(F)F. The summed E-state index contributed by atoms with van der Waals surface area (Å²) >= 11 is 0. The molecule has 0 radical (unpaired) electrons. The molecular weight excluding hydrogens is 343 g/mol. The van der Waals surface area contributed by atoms with E-state index in [2.05, 4.69) is 0 Å². The number of sulfone groups is 1.